The zero-order chi connectivity index (χ0) is 52.1. The van der Waals surface area contributed by atoms with Gasteiger partial charge in [0.05, 0.1) is 23.2 Å². The van der Waals surface area contributed by atoms with Crippen molar-refractivity contribution in [1.29, 1.82) is 0 Å². The summed E-state index contributed by atoms with van der Waals surface area (Å²) in [7, 11) is 0. The molecule has 0 aliphatic carbocycles. The number of anilines is 2. The average Bonchev–Trinajstić information content (AvgIpc) is 3.91. The van der Waals surface area contributed by atoms with E-state index in [-0.39, 0.29) is 35.2 Å². The Labute approximate surface area is 424 Å². The smallest absolute Gasteiger partial charge is 0.410 e. The largest absolute Gasteiger partial charge is 0.457 e. The molecule has 2 fully saturated rings. The Kier molecular flexibility index (Phi) is 17.7. The Hall–Kier alpha value is -8.24. The van der Waals surface area contributed by atoms with Crippen LogP contribution in [0.15, 0.2) is 147 Å². The van der Waals surface area contributed by atoms with Gasteiger partial charge >= 0.3 is 6.09 Å². The fourth-order valence-electron chi connectivity index (χ4n) is 8.48. The zero-order valence-electron chi connectivity index (χ0n) is 40.7. The molecule has 0 radical (unpaired) electrons. The number of aromatic nitrogens is 2. The highest BCUT2D eigenvalue weighted by molar-refractivity contribution is 6.66. The number of para-hydroxylation sites is 2. The third-order valence-electron chi connectivity index (χ3n) is 11.8. The molecule has 2 aliphatic rings. The molecule has 17 heteroatoms. The first-order valence-electron chi connectivity index (χ1n) is 23.3. The number of carbonyl (C=O) groups excluding carboxylic acids is 5. The predicted molar refractivity (Wildman–Crippen MR) is 281 cm³/mol. The zero-order valence-corrected chi connectivity index (χ0v) is 41.4. The van der Waals surface area contributed by atoms with Gasteiger partial charge in [-0.25, -0.2) is 4.79 Å². The van der Waals surface area contributed by atoms with E-state index in [0.717, 1.165) is 54.4 Å². The lowest BCUT2D eigenvalue weighted by Gasteiger charge is -2.35. The predicted octanol–water partition coefficient (Wildman–Crippen LogP) is 10.1. The van der Waals surface area contributed by atoms with Crippen LogP contribution in [0, 0.1) is 0 Å². The minimum atomic E-state index is -0.597. The molecule has 376 valence electrons. The summed E-state index contributed by atoms with van der Waals surface area (Å²) in [4.78, 5) is 62.2. The molecule has 0 bridgehead atoms. The maximum Gasteiger partial charge on any atom is 0.410 e. The molecule has 2 unspecified atom stereocenters. The first-order valence-corrected chi connectivity index (χ1v) is 23.7. The highest BCUT2D eigenvalue weighted by Crippen LogP contribution is 2.38. The number of benzene rings is 4. The van der Waals surface area contributed by atoms with E-state index in [2.05, 4.69) is 13.2 Å². The molecule has 4 aromatic carbocycles. The molecular weight excluding hydrogens is 936 g/mol. The van der Waals surface area contributed by atoms with Crippen LogP contribution in [0.3, 0.4) is 0 Å². The van der Waals surface area contributed by atoms with Crippen LogP contribution in [0.4, 0.5) is 16.4 Å². The Morgan fingerprint density at radius 3 is 1.33 bits per heavy atom. The van der Waals surface area contributed by atoms with Crippen molar-refractivity contribution in [2.75, 3.05) is 37.6 Å². The fraction of sp³-hybridized carbons (Fsp3) is 0.255. The number of rotatable bonds is 12. The van der Waals surface area contributed by atoms with Crippen LogP contribution in [0.2, 0.25) is 0 Å². The first kappa shape index (κ1) is 53.1. The molecule has 8 rings (SSSR count). The van der Waals surface area contributed by atoms with Crippen molar-refractivity contribution >= 4 is 52.3 Å². The summed E-state index contributed by atoms with van der Waals surface area (Å²) in [6.07, 6.45) is 9.03. The topological polar surface area (TPSA) is 233 Å². The van der Waals surface area contributed by atoms with Gasteiger partial charge in [-0.2, -0.15) is 0 Å². The number of hydrogen-bond donors (Lipinski definition) is 4. The minimum Gasteiger partial charge on any atom is -0.457 e. The number of likely N-dealkylation sites (tertiary alicyclic amines) is 2. The Morgan fingerprint density at radius 2 is 0.972 bits per heavy atom. The molecule has 2 aliphatic heterocycles. The molecule has 0 saturated carbocycles. The average molecular weight is 998 g/mol. The van der Waals surface area contributed by atoms with Gasteiger partial charge in [-0.05, 0) is 130 Å². The number of hydrogen-bond acceptors (Lipinski definition) is 10. The molecule has 2 saturated heterocycles. The van der Waals surface area contributed by atoms with E-state index in [0.29, 0.717) is 60.4 Å². The summed E-state index contributed by atoms with van der Waals surface area (Å²) in [6.45, 7) is 14.4. The Morgan fingerprint density at radius 1 is 0.597 bits per heavy atom. The molecular formula is C55H61ClN8O8. The second-order valence-corrected chi connectivity index (χ2v) is 18.4. The highest BCUT2D eigenvalue weighted by Gasteiger charge is 2.32. The monoisotopic (exact) mass is 996 g/mol. The van der Waals surface area contributed by atoms with Gasteiger partial charge < -0.3 is 56.1 Å². The summed E-state index contributed by atoms with van der Waals surface area (Å²) in [5.74, 6) is 2.15. The van der Waals surface area contributed by atoms with Gasteiger partial charge in [-0.15, -0.1) is 0 Å². The molecule has 4 heterocycles. The van der Waals surface area contributed by atoms with Gasteiger partial charge in [0, 0.05) is 49.7 Å². The van der Waals surface area contributed by atoms with Crippen LogP contribution in [-0.4, -0.2) is 79.8 Å². The van der Waals surface area contributed by atoms with E-state index >= 15 is 0 Å². The second-order valence-electron chi connectivity index (χ2n) is 18.0. The third-order valence-corrected chi connectivity index (χ3v) is 12.0. The molecule has 6 aromatic rings. The maximum atomic E-state index is 12.6. The van der Waals surface area contributed by atoms with Crippen LogP contribution in [0.25, 0.3) is 22.3 Å². The van der Waals surface area contributed by atoms with Crippen LogP contribution in [-0.2, 0) is 14.3 Å². The van der Waals surface area contributed by atoms with Crippen LogP contribution in [0.1, 0.15) is 79.3 Å². The summed E-state index contributed by atoms with van der Waals surface area (Å²) in [5.41, 5.74) is 27.1. The molecule has 4 amide bonds. The SMILES string of the molecule is C=CC(=O)Cl.C=CC(=O)N1CCCC(n2cc(-c3ccc(Oc4ccccc4)cc3)c(C(N)=O)c2N)C1.CC(C)(C)OC(=O)N1CCCC(n2cc(-c3ccc(Oc4ccccc4)cc3)c(C(N)=O)c2N)C1. The number of nitrogens with two attached hydrogens (primary N) is 4. The summed E-state index contributed by atoms with van der Waals surface area (Å²) >= 11 is 4.71. The summed E-state index contributed by atoms with van der Waals surface area (Å²) < 4.78 is 21.0. The molecule has 16 nitrogen and oxygen atoms in total. The van der Waals surface area contributed by atoms with Gasteiger partial charge in [-0.1, -0.05) is 73.8 Å². The van der Waals surface area contributed by atoms with Crippen molar-refractivity contribution in [3.63, 3.8) is 0 Å². The second kappa shape index (κ2) is 24.1. The normalized spacial score (nSPS) is 15.3. The number of nitrogens with zero attached hydrogens (tertiary/aromatic N) is 4. The number of piperidine rings is 2. The quantitative estimate of drug-likeness (QED) is 0.0669. The number of carbonyl (C=O) groups is 5. The number of ether oxygens (including phenoxy) is 3. The van der Waals surface area contributed by atoms with Gasteiger partial charge in [0.25, 0.3) is 11.8 Å². The van der Waals surface area contributed by atoms with Crippen LogP contribution in [0.5, 0.6) is 23.0 Å². The van der Waals surface area contributed by atoms with Crippen molar-refractivity contribution in [3.05, 3.63) is 158 Å². The van der Waals surface area contributed by atoms with E-state index in [9.17, 15) is 24.0 Å². The van der Waals surface area contributed by atoms with E-state index in [1.165, 1.54) is 6.08 Å². The van der Waals surface area contributed by atoms with Crippen molar-refractivity contribution in [3.8, 4) is 45.3 Å². The van der Waals surface area contributed by atoms with Crippen LogP contribution >= 0.6 is 11.6 Å². The molecule has 72 heavy (non-hydrogen) atoms. The van der Waals surface area contributed by atoms with Crippen molar-refractivity contribution in [1.82, 2.24) is 18.9 Å². The molecule has 2 atom stereocenters. The maximum absolute atomic E-state index is 12.6. The van der Waals surface area contributed by atoms with Gasteiger partial charge in [0.2, 0.25) is 11.1 Å². The van der Waals surface area contributed by atoms with Gasteiger partial charge in [0.1, 0.15) is 40.2 Å². The number of nitrogen functional groups attached to an aromatic ring is 2. The molecule has 8 N–H and O–H groups in total. The standard InChI is InChI=1S/C27H32N4O4.C25H26N4O3.C3H3ClO/c1-27(2,3)35-26(33)30-15-7-8-19(16-30)31-17-22(23(24(31)28)25(29)32)18-11-13-21(14-12-18)34-20-9-5-4-6-10-20;1-2-22(30)28-14-6-7-18(15-28)29-16-21(23(24(29)26)25(27)31)17-10-12-20(13-11-17)32-19-8-4-3-5-9-19;1-2-3(4)5/h4-6,9-14,17,19H,7-8,15-16,28H2,1-3H3,(H2,29,32);2-5,8-13,16,18H,1,6-7,14-15,26H2,(H2,27,31);2H,1H2. The van der Waals surface area contributed by atoms with Gasteiger partial charge in [0.15, 0.2) is 0 Å². The molecule has 0 spiro atoms. The third kappa shape index (κ3) is 13.8. The van der Waals surface area contributed by atoms with Crippen molar-refractivity contribution in [2.45, 2.75) is 64.1 Å². The number of allylic oxidation sites excluding steroid dienone is 1. The number of primary amides is 2. The summed E-state index contributed by atoms with van der Waals surface area (Å²) in [5, 5.41) is -0.509. The van der Waals surface area contributed by atoms with E-state index in [1.54, 1.807) is 9.80 Å². The number of amides is 4. The van der Waals surface area contributed by atoms with E-state index < -0.39 is 22.7 Å². The lowest BCUT2D eigenvalue weighted by molar-refractivity contribution is -0.127. The number of halogens is 1. The van der Waals surface area contributed by atoms with Gasteiger partial charge in [-0.3, -0.25) is 19.2 Å². The first-order chi connectivity index (χ1) is 34.4. The summed E-state index contributed by atoms with van der Waals surface area (Å²) in [6, 6.07) is 33.7. The lowest BCUT2D eigenvalue weighted by atomic mass is 10.0. The van der Waals surface area contributed by atoms with Crippen molar-refractivity contribution < 1.29 is 38.2 Å². The Bertz CT molecular complexity index is 2880. The van der Waals surface area contributed by atoms with E-state index in [1.807, 2.05) is 151 Å². The molecule has 2 aromatic heterocycles. The Balaban J connectivity index is 0.000000216. The van der Waals surface area contributed by atoms with E-state index in [4.69, 9.17) is 48.7 Å². The van der Waals surface area contributed by atoms with Crippen molar-refractivity contribution in [2.24, 2.45) is 11.5 Å². The fourth-order valence-corrected chi connectivity index (χ4v) is 8.48. The lowest BCUT2D eigenvalue weighted by Crippen LogP contribution is -2.43. The van der Waals surface area contributed by atoms with Crippen LogP contribution < -0.4 is 32.4 Å². The highest BCUT2D eigenvalue weighted by atomic mass is 35.5. The minimum absolute atomic E-state index is 0.0415.